The van der Waals surface area contributed by atoms with Gasteiger partial charge in [-0.2, -0.15) is 0 Å². The van der Waals surface area contributed by atoms with E-state index < -0.39 is 0 Å². The van der Waals surface area contributed by atoms with Gasteiger partial charge in [0.1, 0.15) is 5.82 Å². The molecular weight excluding hydrogens is 160 g/mol. The minimum Gasteiger partial charge on any atom is -0.304 e. The average molecular weight is 174 g/mol. The summed E-state index contributed by atoms with van der Waals surface area (Å²) in [7, 11) is 0. The van der Waals surface area contributed by atoms with Crippen molar-refractivity contribution in [3.8, 4) is 0 Å². The Kier molecular flexibility index (Phi) is 2.05. The largest absolute Gasteiger partial charge is 0.304 e. The van der Waals surface area contributed by atoms with Crippen molar-refractivity contribution in [2.24, 2.45) is 0 Å². The van der Waals surface area contributed by atoms with Crippen molar-refractivity contribution in [2.75, 3.05) is 0 Å². The summed E-state index contributed by atoms with van der Waals surface area (Å²) in [4.78, 5) is 4.26. The number of aromatic nitrogens is 2. The van der Waals surface area contributed by atoms with E-state index in [9.17, 15) is 0 Å². The van der Waals surface area contributed by atoms with Crippen LogP contribution in [0.15, 0.2) is 24.5 Å². The Labute approximate surface area is 78.2 Å². The molecule has 0 saturated heterocycles. The van der Waals surface area contributed by atoms with Gasteiger partial charge in [0.25, 0.3) is 0 Å². The number of imidazole rings is 1. The standard InChI is InChI=1S/C11H14N2/c1-3-4-10-5-6-11-7-12-9(2)13(11)8-10/h5-8H,3-4H2,1-2H3. The van der Waals surface area contributed by atoms with Crippen LogP contribution in [0.5, 0.6) is 0 Å². The third-order valence-corrected chi connectivity index (χ3v) is 2.31. The van der Waals surface area contributed by atoms with Crippen LogP contribution in [-0.4, -0.2) is 9.38 Å². The van der Waals surface area contributed by atoms with Crippen molar-refractivity contribution in [1.82, 2.24) is 9.38 Å². The van der Waals surface area contributed by atoms with E-state index >= 15 is 0 Å². The second-order valence-corrected chi connectivity index (χ2v) is 3.39. The summed E-state index contributed by atoms with van der Waals surface area (Å²) < 4.78 is 2.14. The number of rotatable bonds is 2. The van der Waals surface area contributed by atoms with E-state index in [0.29, 0.717) is 0 Å². The number of aryl methyl sites for hydroxylation is 2. The van der Waals surface area contributed by atoms with Gasteiger partial charge in [0.05, 0.1) is 11.7 Å². The molecule has 0 saturated carbocycles. The Morgan fingerprint density at radius 3 is 3.00 bits per heavy atom. The predicted octanol–water partition coefficient (Wildman–Crippen LogP) is 2.60. The summed E-state index contributed by atoms with van der Waals surface area (Å²) >= 11 is 0. The summed E-state index contributed by atoms with van der Waals surface area (Å²) in [6, 6.07) is 4.31. The molecule has 0 atom stereocenters. The van der Waals surface area contributed by atoms with Gasteiger partial charge in [-0.3, -0.25) is 0 Å². The van der Waals surface area contributed by atoms with Crippen molar-refractivity contribution in [2.45, 2.75) is 26.7 Å². The molecule has 0 aliphatic rings. The lowest BCUT2D eigenvalue weighted by molar-refractivity contribution is 0.902. The Morgan fingerprint density at radius 2 is 2.23 bits per heavy atom. The van der Waals surface area contributed by atoms with Crippen LogP contribution in [0.2, 0.25) is 0 Å². The average Bonchev–Trinajstić information content (AvgIpc) is 2.49. The molecule has 13 heavy (non-hydrogen) atoms. The van der Waals surface area contributed by atoms with E-state index in [0.717, 1.165) is 12.2 Å². The zero-order chi connectivity index (χ0) is 9.26. The molecule has 0 amide bonds. The van der Waals surface area contributed by atoms with Crippen molar-refractivity contribution < 1.29 is 0 Å². The van der Waals surface area contributed by atoms with Crippen molar-refractivity contribution in [1.29, 1.82) is 0 Å². The molecule has 0 aliphatic heterocycles. The lowest BCUT2D eigenvalue weighted by Gasteiger charge is -2.01. The molecule has 68 valence electrons. The van der Waals surface area contributed by atoms with Gasteiger partial charge in [-0.15, -0.1) is 0 Å². The molecular formula is C11H14N2. The van der Waals surface area contributed by atoms with Crippen LogP contribution in [-0.2, 0) is 6.42 Å². The SMILES string of the molecule is CCCc1ccc2cnc(C)n2c1. The molecule has 2 aromatic rings. The minimum absolute atomic E-state index is 1.06. The molecule has 0 spiro atoms. The summed E-state index contributed by atoms with van der Waals surface area (Å²) in [5, 5.41) is 0. The van der Waals surface area contributed by atoms with Crippen molar-refractivity contribution in [3.63, 3.8) is 0 Å². The quantitative estimate of drug-likeness (QED) is 0.684. The zero-order valence-corrected chi connectivity index (χ0v) is 8.12. The maximum absolute atomic E-state index is 4.26. The first-order valence-electron chi connectivity index (χ1n) is 4.74. The highest BCUT2D eigenvalue weighted by Crippen LogP contribution is 2.09. The van der Waals surface area contributed by atoms with Gasteiger partial charge >= 0.3 is 0 Å². The summed E-state index contributed by atoms with van der Waals surface area (Å²) in [6.45, 7) is 4.23. The van der Waals surface area contributed by atoms with Crippen LogP contribution in [0.3, 0.4) is 0 Å². The fourth-order valence-electron chi connectivity index (χ4n) is 1.60. The second-order valence-electron chi connectivity index (χ2n) is 3.39. The maximum atomic E-state index is 4.26. The maximum Gasteiger partial charge on any atom is 0.110 e. The van der Waals surface area contributed by atoms with Crippen LogP contribution in [0.4, 0.5) is 0 Å². The normalized spacial score (nSPS) is 10.9. The van der Waals surface area contributed by atoms with Gasteiger partial charge in [-0.25, -0.2) is 4.98 Å². The molecule has 2 heterocycles. The Balaban J connectivity index is 2.53. The first kappa shape index (κ1) is 8.30. The lowest BCUT2D eigenvalue weighted by atomic mass is 10.2. The first-order chi connectivity index (χ1) is 6.31. The minimum atomic E-state index is 1.06. The third-order valence-electron chi connectivity index (χ3n) is 2.31. The van der Waals surface area contributed by atoms with Crippen LogP contribution in [0.25, 0.3) is 5.52 Å². The second kappa shape index (κ2) is 3.21. The van der Waals surface area contributed by atoms with Gasteiger partial charge in [-0.05, 0) is 25.0 Å². The zero-order valence-electron chi connectivity index (χ0n) is 8.12. The molecule has 2 heteroatoms. The van der Waals surface area contributed by atoms with Gasteiger partial charge in [-0.1, -0.05) is 19.4 Å². The smallest absolute Gasteiger partial charge is 0.110 e. The van der Waals surface area contributed by atoms with Crippen LogP contribution < -0.4 is 0 Å². The van der Waals surface area contributed by atoms with Gasteiger partial charge in [0, 0.05) is 6.20 Å². The number of pyridine rings is 1. The van der Waals surface area contributed by atoms with Gasteiger partial charge in [0.2, 0.25) is 0 Å². The highest BCUT2D eigenvalue weighted by atomic mass is 15.0. The van der Waals surface area contributed by atoms with E-state index in [2.05, 4.69) is 34.6 Å². The molecule has 0 aliphatic carbocycles. The van der Waals surface area contributed by atoms with E-state index in [1.165, 1.54) is 17.5 Å². The Bertz CT molecular complexity index is 415. The monoisotopic (exact) mass is 174 g/mol. The summed E-state index contributed by atoms with van der Waals surface area (Å²) in [5.74, 6) is 1.06. The van der Waals surface area contributed by atoms with Crippen molar-refractivity contribution >= 4 is 5.52 Å². The summed E-state index contributed by atoms with van der Waals surface area (Å²) in [5.41, 5.74) is 2.56. The number of nitrogens with zero attached hydrogens (tertiary/aromatic N) is 2. The van der Waals surface area contributed by atoms with Crippen LogP contribution in [0, 0.1) is 6.92 Å². The molecule has 0 bridgehead atoms. The molecule has 2 aromatic heterocycles. The Morgan fingerprint density at radius 1 is 1.38 bits per heavy atom. The third kappa shape index (κ3) is 1.44. The summed E-state index contributed by atoms with van der Waals surface area (Å²) in [6.07, 6.45) is 6.43. The van der Waals surface area contributed by atoms with Crippen LogP contribution >= 0.6 is 0 Å². The van der Waals surface area contributed by atoms with E-state index in [-0.39, 0.29) is 0 Å². The van der Waals surface area contributed by atoms with Crippen molar-refractivity contribution in [3.05, 3.63) is 35.9 Å². The first-order valence-corrected chi connectivity index (χ1v) is 4.74. The van der Waals surface area contributed by atoms with Gasteiger partial charge < -0.3 is 4.40 Å². The molecule has 0 aromatic carbocycles. The van der Waals surface area contributed by atoms with E-state index in [1.807, 2.05) is 13.1 Å². The molecule has 0 N–H and O–H groups in total. The molecule has 2 rings (SSSR count). The molecule has 0 fully saturated rings. The topological polar surface area (TPSA) is 17.3 Å². The van der Waals surface area contributed by atoms with E-state index in [4.69, 9.17) is 0 Å². The predicted molar refractivity (Wildman–Crippen MR) is 53.9 cm³/mol. The number of hydrogen-bond acceptors (Lipinski definition) is 1. The highest BCUT2D eigenvalue weighted by molar-refractivity contribution is 5.46. The molecule has 0 radical (unpaired) electrons. The van der Waals surface area contributed by atoms with E-state index in [1.54, 1.807) is 0 Å². The molecule has 0 unspecified atom stereocenters. The lowest BCUT2D eigenvalue weighted by Crippen LogP contribution is -1.91. The number of hydrogen-bond donors (Lipinski definition) is 0. The number of fused-ring (bicyclic) bond motifs is 1. The fraction of sp³-hybridized carbons (Fsp3) is 0.364. The fourth-order valence-corrected chi connectivity index (χ4v) is 1.60. The van der Waals surface area contributed by atoms with Gasteiger partial charge in [0.15, 0.2) is 0 Å². The molecule has 2 nitrogen and oxygen atoms in total. The highest BCUT2D eigenvalue weighted by Gasteiger charge is 1.98. The van der Waals surface area contributed by atoms with Crippen LogP contribution in [0.1, 0.15) is 24.7 Å². The Hall–Kier alpha value is -1.31.